The van der Waals surface area contributed by atoms with E-state index in [0.29, 0.717) is 24.2 Å². The number of hydrogen-bond donors (Lipinski definition) is 0. The van der Waals surface area contributed by atoms with Gasteiger partial charge in [0.05, 0.1) is 11.6 Å². The summed E-state index contributed by atoms with van der Waals surface area (Å²) in [7, 11) is 5.88. The summed E-state index contributed by atoms with van der Waals surface area (Å²) < 4.78 is 13.9. The van der Waals surface area contributed by atoms with Crippen LogP contribution in [0, 0.1) is 17.1 Å². The maximum atomic E-state index is 13.9. The summed E-state index contributed by atoms with van der Waals surface area (Å²) in [6.45, 7) is 1.08. The Bertz CT molecular complexity index is 691. The van der Waals surface area contributed by atoms with Crippen LogP contribution in [-0.2, 0) is 13.1 Å². The molecule has 0 saturated heterocycles. The van der Waals surface area contributed by atoms with Gasteiger partial charge in [-0.15, -0.1) is 0 Å². The van der Waals surface area contributed by atoms with Gasteiger partial charge in [0, 0.05) is 56.4 Å². The molecule has 0 saturated carbocycles. The lowest BCUT2D eigenvalue weighted by Gasteiger charge is -2.22. The molecule has 2 aromatic rings. The van der Waals surface area contributed by atoms with E-state index in [2.05, 4.69) is 4.98 Å². The number of pyridine rings is 1. The molecule has 22 heavy (non-hydrogen) atoms. The molecule has 1 aromatic carbocycles. The van der Waals surface area contributed by atoms with Gasteiger partial charge in [-0.25, -0.2) is 4.39 Å². The van der Waals surface area contributed by atoms with Gasteiger partial charge in [0.25, 0.3) is 0 Å². The predicted octanol–water partition coefficient (Wildman–Crippen LogP) is 2.79. The smallest absolute Gasteiger partial charge is 0.127 e. The molecule has 2 rings (SSSR count). The molecule has 0 aliphatic heterocycles. The van der Waals surface area contributed by atoms with Crippen molar-refractivity contribution in [2.24, 2.45) is 0 Å². The number of hydrogen-bond acceptors (Lipinski definition) is 4. The lowest BCUT2D eigenvalue weighted by Crippen LogP contribution is -2.20. The van der Waals surface area contributed by atoms with E-state index >= 15 is 0 Å². The van der Waals surface area contributed by atoms with Crippen molar-refractivity contribution in [3.63, 3.8) is 0 Å². The zero-order valence-corrected chi connectivity index (χ0v) is 13.0. The fourth-order valence-electron chi connectivity index (χ4n) is 2.38. The molecule has 0 aliphatic carbocycles. The van der Waals surface area contributed by atoms with E-state index in [4.69, 9.17) is 5.26 Å². The van der Waals surface area contributed by atoms with E-state index in [1.807, 2.05) is 49.3 Å². The van der Waals surface area contributed by atoms with E-state index in [1.165, 1.54) is 12.1 Å². The average molecular weight is 298 g/mol. The number of aromatic nitrogens is 1. The molecule has 0 radical (unpaired) electrons. The monoisotopic (exact) mass is 298 g/mol. The lowest BCUT2D eigenvalue weighted by molar-refractivity contribution is 0.313. The lowest BCUT2D eigenvalue weighted by atomic mass is 10.1. The van der Waals surface area contributed by atoms with Crippen LogP contribution < -0.4 is 4.90 Å². The van der Waals surface area contributed by atoms with Gasteiger partial charge in [-0.2, -0.15) is 5.26 Å². The van der Waals surface area contributed by atoms with Crippen LogP contribution in [0.15, 0.2) is 36.7 Å². The highest BCUT2D eigenvalue weighted by Crippen LogP contribution is 2.19. The Morgan fingerprint density at radius 3 is 2.55 bits per heavy atom. The van der Waals surface area contributed by atoms with Crippen LogP contribution >= 0.6 is 0 Å². The molecule has 0 amide bonds. The van der Waals surface area contributed by atoms with E-state index in [1.54, 1.807) is 12.3 Å². The molecular weight excluding hydrogens is 279 g/mol. The second-order valence-electron chi connectivity index (χ2n) is 5.49. The Morgan fingerprint density at radius 1 is 1.14 bits per heavy atom. The van der Waals surface area contributed by atoms with Crippen molar-refractivity contribution < 1.29 is 4.39 Å². The molecule has 0 aliphatic rings. The second-order valence-corrected chi connectivity index (χ2v) is 5.49. The SMILES string of the molecule is CN(Cc1cc(C#N)ccc1F)Cc1cnccc1N(C)C. The standard InChI is InChI=1S/C17H19FN4/c1-21(2)17-6-7-20-10-15(17)12-22(3)11-14-8-13(9-19)4-5-16(14)18/h4-8,10H,11-12H2,1-3H3. The fourth-order valence-corrected chi connectivity index (χ4v) is 2.38. The van der Waals surface area contributed by atoms with Gasteiger partial charge in [-0.1, -0.05) is 0 Å². The number of nitrogens with zero attached hydrogens (tertiary/aromatic N) is 4. The number of anilines is 1. The minimum Gasteiger partial charge on any atom is -0.377 e. The summed E-state index contributed by atoms with van der Waals surface area (Å²) in [6.07, 6.45) is 3.59. The predicted molar refractivity (Wildman–Crippen MR) is 84.9 cm³/mol. The first kappa shape index (κ1) is 15.9. The third-order valence-electron chi connectivity index (χ3n) is 3.41. The minimum atomic E-state index is -0.287. The van der Waals surface area contributed by atoms with Gasteiger partial charge in [0.15, 0.2) is 0 Å². The molecule has 4 nitrogen and oxygen atoms in total. The zero-order valence-electron chi connectivity index (χ0n) is 13.0. The second kappa shape index (κ2) is 7.01. The van der Waals surface area contributed by atoms with Crippen LogP contribution in [0.2, 0.25) is 0 Å². The van der Waals surface area contributed by atoms with Crippen molar-refractivity contribution in [3.05, 3.63) is 59.2 Å². The van der Waals surface area contributed by atoms with Crippen molar-refractivity contribution in [1.82, 2.24) is 9.88 Å². The molecule has 114 valence electrons. The first-order valence-electron chi connectivity index (χ1n) is 6.98. The maximum absolute atomic E-state index is 13.9. The van der Waals surface area contributed by atoms with E-state index < -0.39 is 0 Å². The molecule has 5 heteroatoms. The quantitative estimate of drug-likeness (QED) is 0.851. The molecule has 1 aromatic heterocycles. The van der Waals surface area contributed by atoms with E-state index in [-0.39, 0.29) is 5.82 Å². The molecule has 1 heterocycles. The highest BCUT2D eigenvalue weighted by Gasteiger charge is 2.10. The Balaban J connectivity index is 2.14. The van der Waals surface area contributed by atoms with Crippen LogP contribution in [-0.4, -0.2) is 31.0 Å². The highest BCUT2D eigenvalue weighted by atomic mass is 19.1. The van der Waals surface area contributed by atoms with E-state index in [0.717, 1.165) is 11.3 Å². The summed E-state index contributed by atoms with van der Waals surface area (Å²) in [5.41, 5.74) is 3.16. The number of nitriles is 1. The number of halogens is 1. The van der Waals surface area contributed by atoms with Crippen LogP contribution in [0.1, 0.15) is 16.7 Å². The van der Waals surface area contributed by atoms with Crippen molar-refractivity contribution >= 4 is 5.69 Å². The Hall–Kier alpha value is -2.45. The van der Waals surface area contributed by atoms with Gasteiger partial charge in [0.1, 0.15) is 5.82 Å². The summed E-state index contributed by atoms with van der Waals surface area (Å²) in [5.74, 6) is -0.287. The topological polar surface area (TPSA) is 43.2 Å². The summed E-state index contributed by atoms with van der Waals surface area (Å²) in [4.78, 5) is 8.20. The summed E-state index contributed by atoms with van der Waals surface area (Å²) in [6, 6.07) is 8.43. The Labute approximate surface area is 130 Å². The van der Waals surface area contributed by atoms with Crippen LogP contribution in [0.25, 0.3) is 0 Å². The molecule has 0 spiro atoms. The zero-order chi connectivity index (χ0) is 16.1. The molecule has 0 bridgehead atoms. The third-order valence-corrected chi connectivity index (χ3v) is 3.41. The number of benzene rings is 1. The Kier molecular flexibility index (Phi) is 5.08. The van der Waals surface area contributed by atoms with Gasteiger partial charge in [0.2, 0.25) is 0 Å². The van der Waals surface area contributed by atoms with Gasteiger partial charge in [-0.05, 0) is 31.3 Å². The third kappa shape index (κ3) is 3.80. The maximum Gasteiger partial charge on any atom is 0.127 e. The minimum absolute atomic E-state index is 0.287. The van der Waals surface area contributed by atoms with Crippen molar-refractivity contribution in [2.75, 3.05) is 26.0 Å². The number of rotatable bonds is 5. The fraction of sp³-hybridized carbons (Fsp3) is 0.294. The largest absolute Gasteiger partial charge is 0.377 e. The van der Waals surface area contributed by atoms with Gasteiger partial charge in [-0.3, -0.25) is 9.88 Å². The Morgan fingerprint density at radius 2 is 1.86 bits per heavy atom. The van der Waals surface area contributed by atoms with Crippen molar-refractivity contribution in [2.45, 2.75) is 13.1 Å². The first-order chi connectivity index (χ1) is 10.5. The molecule has 0 atom stereocenters. The molecular formula is C17H19FN4. The van der Waals surface area contributed by atoms with Gasteiger partial charge >= 0.3 is 0 Å². The normalized spacial score (nSPS) is 10.5. The van der Waals surface area contributed by atoms with Crippen LogP contribution in [0.3, 0.4) is 0 Å². The summed E-state index contributed by atoms with van der Waals surface area (Å²) in [5, 5.41) is 8.92. The van der Waals surface area contributed by atoms with E-state index in [9.17, 15) is 4.39 Å². The van der Waals surface area contributed by atoms with Crippen molar-refractivity contribution in [1.29, 1.82) is 5.26 Å². The molecule has 0 N–H and O–H groups in total. The van der Waals surface area contributed by atoms with Crippen LogP contribution in [0.5, 0.6) is 0 Å². The summed E-state index contributed by atoms with van der Waals surface area (Å²) >= 11 is 0. The first-order valence-corrected chi connectivity index (χ1v) is 6.98. The highest BCUT2D eigenvalue weighted by molar-refractivity contribution is 5.50. The molecule has 0 unspecified atom stereocenters. The van der Waals surface area contributed by atoms with Gasteiger partial charge < -0.3 is 4.90 Å². The van der Waals surface area contributed by atoms with Crippen LogP contribution in [0.4, 0.5) is 10.1 Å². The average Bonchev–Trinajstić information content (AvgIpc) is 2.49. The van der Waals surface area contributed by atoms with Crippen molar-refractivity contribution in [3.8, 4) is 6.07 Å². The molecule has 0 fully saturated rings.